The Kier molecular flexibility index (Phi) is 5.23. The SMILES string of the molecule is COC(=O)c1ccc(C=CCCN)cc1OC. The fourth-order valence-electron chi connectivity index (χ4n) is 1.41. The zero-order chi connectivity index (χ0) is 12.7. The van der Waals surface area contributed by atoms with Crippen molar-refractivity contribution in [2.45, 2.75) is 6.42 Å². The third-order valence-electron chi connectivity index (χ3n) is 2.27. The van der Waals surface area contributed by atoms with Gasteiger partial charge in [-0.15, -0.1) is 0 Å². The number of benzene rings is 1. The average molecular weight is 235 g/mol. The van der Waals surface area contributed by atoms with Crippen molar-refractivity contribution in [3.05, 3.63) is 35.4 Å². The number of carbonyl (C=O) groups is 1. The summed E-state index contributed by atoms with van der Waals surface area (Å²) in [5.74, 6) is 0.103. The van der Waals surface area contributed by atoms with Crippen LogP contribution in [0.3, 0.4) is 0 Å². The maximum atomic E-state index is 11.4. The third-order valence-corrected chi connectivity index (χ3v) is 2.27. The summed E-state index contributed by atoms with van der Waals surface area (Å²) >= 11 is 0. The molecular weight excluding hydrogens is 218 g/mol. The lowest BCUT2D eigenvalue weighted by Crippen LogP contribution is -2.04. The highest BCUT2D eigenvalue weighted by Crippen LogP contribution is 2.21. The first-order valence-electron chi connectivity index (χ1n) is 5.36. The summed E-state index contributed by atoms with van der Waals surface area (Å²) in [6.45, 7) is 0.619. The van der Waals surface area contributed by atoms with Crippen LogP contribution in [0.2, 0.25) is 0 Å². The van der Waals surface area contributed by atoms with Gasteiger partial charge in [-0.3, -0.25) is 0 Å². The Bertz CT molecular complexity index is 413. The molecule has 0 fully saturated rings. The first-order valence-corrected chi connectivity index (χ1v) is 5.36. The van der Waals surface area contributed by atoms with Crippen molar-refractivity contribution in [1.82, 2.24) is 0 Å². The molecule has 0 unspecified atom stereocenters. The summed E-state index contributed by atoms with van der Waals surface area (Å²) in [5, 5.41) is 0. The quantitative estimate of drug-likeness (QED) is 0.791. The Morgan fingerprint density at radius 2 is 2.18 bits per heavy atom. The van der Waals surface area contributed by atoms with Gasteiger partial charge >= 0.3 is 5.97 Å². The Morgan fingerprint density at radius 1 is 1.41 bits per heavy atom. The van der Waals surface area contributed by atoms with Gasteiger partial charge in [0, 0.05) is 0 Å². The lowest BCUT2D eigenvalue weighted by molar-refractivity contribution is 0.0597. The lowest BCUT2D eigenvalue weighted by Gasteiger charge is -2.07. The second-order valence-electron chi connectivity index (χ2n) is 3.43. The van der Waals surface area contributed by atoms with E-state index in [4.69, 9.17) is 10.5 Å². The molecule has 1 aromatic carbocycles. The molecule has 0 aliphatic carbocycles. The first kappa shape index (κ1) is 13.3. The molecule has 0 spiro atoms. The molecule has 2 N–H and O–H groups in total. The standard InChI is InChI=1S/C13H17NO3/c1-16-12-9-10(5-3-4-8-14)6-7-11(12)13(15)17-2/h3,5-7,9H,4,8,14H2,1-2H3. The van der Waals surface area contributed by atoms with Crippen molar-refractivity contribution < 1.29 is 14.3 Å². The molecule has 0 aliphatic heterocycles. The molecule has 0 heterocycles. The predicted molar refractivity (Wildman–Crippen MR) is 67.0 cm³/mol. The van der Waals surface area contributed by atoms with Gasteiger partial charge in [0.2, 0.25) is 0 Å². The molecular formula is C13H17NO3. The van der Waals surface area contributed by atoms with Gasteiger partial charge in [0.15, 0.2) is 0 Å². The molecule has 0 bridgehead atoms. The topological polar surface area (TPSA) is 61.5 Å². The van der Waals surface area contributed by atoms with E-state index in [-0.39, 0.29) is 0 Å². The van der Waals surface area contributed by atoms with Crippen LogP contribution in [0.15, 0.2) is 24.3 Å². The number of esters is 1. The van der Waals surface area contributed by atoms with E-state index >= 15 is 0 Å². The number of methoxy groups -OCH3 is 2. The Morgan fingerprint density at radius 3 is 2.76 bits per heavy atom. The molecule has 4 nitrogen and oxygen atoms in total. The highest BCUT2D eigenvalue weighted by molar-refractivity contribution is 5.92. The highest BCUT2D eigenvalue weighted by Gasteiger charge is 2.12. The van der Waals surface area contributed by atoms with E-state index in [9.17, 15) is 4.79 Å². The molecule has 0 atom stereocenters. The lowest BCUT2D eigenvalue weighted by atomic mass is 10.1. The van der Waals surface area contributed by atoms with Crippen LogP contribution in [0, 0.1) is 0 Å². The molecule has 1 rings (SSSR count). The van der Waals surface area contributed by atoms with Crippen molar-refractivity contribution in [3.63, 3.8) is 0 Å². The maximum Gasteiger partial charge on any atom is 0.341 e. The Hall–Kier alpha value is -1.81. The molecule has 0 saturated carbocycles. The van der Waals surface area contributed by atoms with Crippen LogP contribution in [-0.4, -0.2) is 26.7 Å². The van der Waals surface area contributed by atoms with Gasteiger partial charge in [-0.1, -0.05) is 18.2 Å². The van der Waals surface area contributed by atoms with Crippen LogP contribution in [0.1, 0.15) is 22.3 Å². The van der Waals surface area contributed by atoms with Crippen LogP contribution in [0.4, 0.5) is 0 Å². The van der Waals surface area contributed by atoms with Gasteiger partial charge in [-0.25, -0.2) is 4.79 Å². The monoisotopic (exact) mass is 235 g/mol. The summed E-state index contributed by atoms with van der Waals surface area (Å²) in [7, 11) is 2.87. The molecule has 0 amide bonds. The normalized spacial score (nSPS) is 10.5. The molecule has 4 heteroatoms. The summed E-state index contributed by atoms with van der Waals surface area (Å²) in [6, 6.07) is 5.31. The molecule has 0 aromatic heterocycles. The molecule has 17 heavy (non-hydrogen) atoms. The van der Waals surface area contributed by atoms with Crippen LogP contribution < -0.4 is 10.5 Å². The second kappa shape index (κ2) is 6.70. The summed E-state index contributed by atoms with van der Waals surface area (Å²) in [5.41, 5.74) is 6.78. The van der Waals surface area contributed by atoms with E-state index in [0.29, 0.717) is 17.9 Å². The van der Waals surface area contributed by atoms with Gasteiger partial charge in [0.25, 0.3) is 0 Å². The number of hydrogen-bond acceptors (Lipinski definition) is 4. The Balaban J connectivity index is 2.96. The predicted octanol–water partition coefficient (Wildman–Crippen LogP) is 1.84. The van der Waals surface area contributed by atoms with Crippen molar-refractivity contribution in [2.75, 3.05) is 20.8 Å². The van der Waals surface area contributed by atoms with Crippen molar-refractivity contribution >= 4 is 12.0 Å². The fraction of sp³-hybridized carbons (Fsp3) is 0.308. The molecule has 1 aromatic rings. The van der Waals surface area contributed by atoms with E-state index < -0.39 is 5.97 Å². The van der Waals surface area contributed by atoms with Crippen molar-refractivity contribution in [3.8, 4) is 5.75 Å². The second-order valence-corrected chi connectivity index (χ2v) is 3.43. The van der Waals surface area contributed by atoms with Crippen molar-refractivity contribution in [1.29, 1.82) is 0 Å². The summed E-state index contributed by atoms with van der Waals surface area (Å²) in [4.78, 5) is 11.4. The zero-order valence-corrected chi connectivity index (χ0v) is 10.1. The minimum Gasteiger partial charge on any atom is -0.496 e. The van der Waals surface area contributed by atoms with E-state index in [1.54, 1.807) is 12.1 Å². The van der Waals surface area contributed by atoms with Gasteiger partial charge < -0.3 is 15.2 Å². The third kappa shape index (κ3) is 3.60. The van der Waals surface area contributed by atoms with E-state index in [0.717, 1.165) is 12.0 Å². The number of carbonyl (C=O) groups excluding carboxylic acids is 1. The minimum atomic E-state index is -0.403. The molecule has 92 valence electrons. The molecule has 0 aliphatic rings. The van der Waals surface area contributed by atoms with E-state index in [2.05, 4.69) is 4.74 Å². The van der Waals surface area contributed by atoms with Crippen LogP contribution in [0.5, 0.6) is 5.75 Å². The van der Waals surface area contributed by atoms with E-state index in [1.807, 2.05) is 18.2 Å². The van der Waals surface area contributed by atoms with Gasteiger partial charge in [0.1, 0.15) is 11.3 Å². The number of nitrogens with two attached hydrogens (primary N) is 1. The summed E-state index contributed by atoms with van der Waals surface area (Å²) < 4.78 is 9.82. The maximum absolute atomic E-state index is 11.4. The smallest absolute Gasteiger partial charge is 0.341 e. The first-order chi connectivity index (χ1) is 8.22. The minimum absolute atomic E-state index is 0.403. The highest BCUT2D eigenvalue weighted by atomic mass is 16.5. The zero-order valence-electron chi connectivity index (χ0n) is 10.1. The fourth-order valence-corrected chi connectivity index (χ4v) is 1.41. The number of rotatable bonds is 5. The number of ether oxygens (including phenoxy) is 2. The average Bonchev–Trinajstić information content (AvgIpc) is 2.38. The van der Waals surface area contributed by atoms with Crippen molar-refractivity contribution in [2.24, 2.45) is 5.73 Å². The molecule has 0 saturated heterocycles. The van der Waals surface area contributed by atoms with Crippen LogP contribution >= 0.6 is 0 Å². The van der Waals surface area contributed by atoms with Crippen LogP contribution in [-0.2, 0) is 4.74 Å². The van der Waals surface area contributed by atoms with Gasteiger partial charge in [0.05, 0.1) is 14.2 Å². The summed E-state index contributed by atoms with van der Waals surface area (Å²) in [6.07, 6.45) is 4.74. The largest absolute Gasteiger partial charge is 0.496 e. The van der Waals surface area contributed by atoms with Gasteiger partial charge in [-0.05, 0) is 30.7 Å². The Labute approximate surface area is 101 Å². The number of hydrogen-bond donors (Lipinski definition) is 1. The van der Waals surface area contributed by atoms with E-state index in [1.165, 1.54) is 14.2 Å². The molecule has 0 radical (unpaired) electrons. The van der Waals surface area contributed by atoms with Crippen LogP contribution in [0.25, 0.3) is 6.08 Å². The van der Waals surface area contributed by atoms with Gasteiger partial charge in [-0.2, -0.15) is 0 Å².